The molecule has 0 bridgehead atoms. The minimum absolute atomic E-state index is 0.0990. The Morgan fingerprint density at radius 3 is 2.29 bits per heavy atom. The second-order valence-electron chi connectivity index (χ2n) is 5.64. The van der Waals surface area contributed by atoms with E-state index in [1.165, 1.54) is 24.0 Å². The summed E-state index contributed by atoms with van der Waals surface area (Å²) in [5.41, 5.74) is 4.49. The highest BCUT2D eigenvalue weighted by molar-refractivity contribution is 5.94. The van der Waals surface area contributed by atoms with Crippen molar-refractivity contribution >= 4 is 10.8 Å². The van der Waals surface area contributed by atoms with E-state index in [-0.39, 0.29) is 5.56 Å². The zero-order valence-corrected chi connectivity index (χ0v) is 11.7. The highest BCUT2D eigenvalue weighted by atomic mass is 16.1. The molecule has 104 valence electrons. The van der Waals surface area contributed by atoms with Crippen molar-refractivity contribution in [2.45, 2.75) is 25.7 Å². The fourth-order valence-corrected chi connectivity index (χ4v) is 3.21. The third-order valence-electron chi connectivity index (χ3n) is 4.30. The molecule has 3 aromatic rings. The molecule has 1 aromatic heterocycles. The average Bonchev–Trinajstić information content (AvgIpc) is 2.55. The fourth-order valence-electron chi connectivity index (χ4n) is 3.21. The van der Waals surface area contributed by atoms with Crippen LogP contribution in [-0.4, -0.2) is 10.2 Å². The van der Waals surface area contributed by atoms with Gasteiger partial charge in [0.05, 0.1) is 11.1 Å². The lowest BCUT2D eigenvalue weighted by Crippen LogP contribution is -2.12. The number of aromatic nitrogens is 2. The fraction of sp³-hybridized carbons (Fsp3) is 0.222. The van der Waals surface area contributed by atoms with E-state index in [0.717, 1.165) is 34.9 Å². The summed E-state index contributed by atoms with van der Waals surface area (Å²) in [6.45, 7) is 0. The molecule has 3 heteroatoms. The lowest BCUT2D eigenvalue weighted by Gasteiger charge is -2.17. The molecule has 0 saturated heterocycles. The van der Waals surface area contributed by atoms with Crippen LogP contribution in [0, 0.1) is 0 Å². The second kappa shape index (κ2) is 4.85. The molecule has 2 aromatic carbocycles. The quantitative estimate of drug-likeness (QED) is 0.739. The molecule has 0 fully saturated rings. The van der Waals surface area contributed by atoms with Gasteiger partial charge in [-0.05, 0) is 48.9 Å². The van der Waals surface area contributed by atoms with E-state index in [4.69, 9.17) is 0 Å². The summed E-state index contributed by atoms with van der Waals surface area (Å²) >= 11 is 0. The summed E-state index contributed by atoms with van der Waals surface area (Å²) in [7, 11) is 0. The first-order chi connectivity index (χ1) is 10.3. The van der Waals surface area contributed by atoms with Crippen molar-refractivity contribution in [3.05, 3.63) is 63.9 Å². The van der Waals surface area contributed by atoms with Crippen LogP contribution >= 0.6 is 0 Å². The number of nitrogens with one attached hydrogen (secondary N) is 1. The first-order valence-corrected chi connectivity index (χ1v) is 7.42. The second-order valence-corrected chi connectivity index (χ2v) is 5.64. The number of rotatable bonds is 1. The van der Waals surface area contributed by atoms with Crippen molar-refractivity contribution in [1.29, 1.82) is 0 Å². The molecule has 1 aliphatic rings. The van der Waals surface area contributed by atoms with Gasteiger partial charge in [-0.1, -0.05) is 30.3 Å². The van der Waals surface area contributed by atoms with E-state index in [1.807, 2.05) is 30.3 Å². The van der Waals surface area contributed by atoms with Crippen LogP contribution in [0.2, 0.25) is 0 Å². The number of aryl methyl sites for hydroxylation is 2. The predicted octanol–water partition coefficient (Wildman–Crippen LogP) is 3.47. The number of fused-ring (bicyclic) bond motifs is 2. The van der Waals surface area contributed by atoms with Crippen LogP contribution in [0.15, 0.2) is 47.3 Å². The van der Waals surface area contributed by atoms with E-state index >= 15 is 0 Å². The minimum atomic E-state index is -0.0990. The third-order valence-corrected chi connectivity index (χ3v) is 4.30. The topological polar surface area (TPSA) is 45.8 Å². The molecule has 0 spiro atoms. The Balaban J connectivity index is 2.05. The zero-order chi connectivity index (χ0) is 14.2. The molecule has 0 atom stereocenters. The molecular formula is C18H16N2O. The van der Waals surface area contributed by atoms with Crippen molar-refractivity contribution in [1.82, 2.24) is 10.2 Å². The van der Waals surface area contributed by atoms with Gasteiger partial charge in [-0.25, -0.2) is 5.10 Å². The zero-order valence-electron chi connectivity index (χ0n) is 11.7. The largest absolute Gasteiger partial charge is 0.272 e. The molecule has 1 heterocycles. The Hall–Kier alpha value is -2.42. The van der Waals surface area contributed by atoms with Crippen molar-refractivity contribution in [2.24, 2.45) is 0 Å². The van der Waals surface area contributed by atoms with Crippen LogP contribution in [0.3, 0.4) is 0 Å². The Bertz CT molecular complexity index is 866. The maximum atomic E-state index is 12.1. The lowest BCUT2D eigenvalue weighted by molar-refractivity contribution is 0.687. The molecule has 3 nitrogen and oxygen atoms in total. The Kier molecular flexibility index (Phi) is 2.85. The Labute approximate surface area is 122 Å². The van der Waals surface area contributed by atoms with Gasteiger partial charge >= 0.3 is 0 Å². The number of aromatic amines is 1. The van der Waals surface area contributed by atoms with Gasteiger partial charge in [0, 0.05) is 10.9 Å². The van der Waals surface area contributed by atoms with E-state index < -0.39 is 0 Å². The van der Waals surface area contributed by atoms with Gasteiger partial charge in [-0.3, -0.25) is 4.79 Å². The van der Waals surface area contributed by atoms with Crippen LogP contribution in [0.1, 0.15) is 24.0 Å². The number of benzene rings is 2. The predicted molar refractivity (Wildman–Crippen MR) is 84.4 cm³/mol. The summed E-state index contributed by atoms with van der Waals surface area (Å²) in [5.74, 6) is 0. The maximum Gasteiger partial charge on any atom is 0.272 e. The normalized spacial score (nSPS) is 14.1. The summed E-state index contributed by atoms with van der Waals surface area (Å²) in [4.78, 5) is 12.1. The van der Waals surface area contributed by atoms with Crippen molar-refractivity contribution in [2.75, 3.05) is 0 Å². The molecule has 0 saturated carbocycles. The molecule has 1 N–H and O–H groups in total. The summed E-state index contributed by atoms with van der Waals surface area (Å²) < 4.78 is 0. The monoisotopic (exact) mass is 276 g/mol. The van der Waals surface area contributed by atoms with Gasteiger partial charge in [0.1, 0.15) is 0 Å². The third kappa shape index (κ3) is 2.05. The van der Waals surface area contributed by atoms with Gasteiger partial charge in [0.25, 0.3) is 5.56 Å². The SMILES string of the molecule is O=c1[nH]nc(-c2ccccc2)c2cc3c(cc12)CCCC3. The molecular weight excluding hydrogens is 260 g/mol. The summed E-state index contributed by atoms with van der Waals surface area (Å²) in [6, 6.07) is 14.3. The molecule has 0 amide bonds. The van der Waals surface area contributed by atoms with Crippen molar-refractivity contribution in [3.8, 4) is 11.3 Å². The number of hydrogen-bond acceptors (Lipinski definition) is 2. The molecule has 21 heavy (non-hydrogen) atoms. The van der Waals surface area contributed by atoms with E-state index in [0.29, 0.717) is 0 Å². The standard InChI is InChI=1S/C18H16N2O/c21-18-16-11-14-9-5-4-8-13(14)10-15(16)17(19-20-18)12-6-2-1-3-7-12/h1-3,6-7,10-11H,4-5,8-9H2,(H,20,21). The number of hydrogen-bond donors (Lipinski definition) is 1. The number of H-pyrrole nitrogens is 1. The van der Waals surface area contributed by atoms with E-state index in [9.17, 15) is 4.79 Å². The maximum absolute atomic E-state index is 12.1. The first-order valence-electron chi connectivity index (χ1n) is 7.42. The van der Waals surface area contributed by atoms with Crippen LogP contribution in [0.5, 0.6) is 0 Å². The van der Waals surface area contributed by atoms with Gasteiger partial charge in [-0.2, -0.15) is 5.10 Å². The van der Waals surface area contributed by atoms with Crippen molar-refractivity contribution in [3.63, 3.8) is 0 Å². The summed E-state index contributed by atoms with van der Waals surface area (Å²) in [5, 5.41) is 8.65. The lowest BCUT2D eigenvalue weighted by atomic mass is 9.89. The Morgan fingerprint density at radius 1 is 0.905 bits per heavy atom. The molecule has 4 rings (SSSR count). The molecule has 0 unspecified atom stereocenters. The molecule has 0 aliphatic heterocycles. The Morgan fingerprint density at radius 2 is 1.57 bits per heavy atom. The summed E-state index contributed by atoms with van der Waals surface area (Å²) in [6.07, 6.45) is 4.63. The van der Waals surface area contributed by atoms with Crippen LogP contribution in [0.25, 0.3) is 22.0 Å². The minimum Gasteiger partial charge on any atom is -0.267 e. The van der Waals surface area contributed by atoms with E-state index in [2.05, 4.69) is 22.3 Å². The highest BCUT2D eigenvalue weighted by Gasteiger charge is 2.15. The van der Waals surface area contributed by atoms with Crippen LogP contribution in [-0.2, 0) is 12.8 Å². The smallest absolute Gasteiger partial charge is 0.267 e. The van der Waals surface area contributed by atoms with Gasteiger partial charge in [0.15, 0.2) is 0 Å². The first kappa shape index (κ1) is 12.3. The highest BCUT2D eigenvalue weighted by Crippen LogP contribution is 2.29. The molecule has 1 aliphatic carbocycles. The van der Waals surface area contributed by atoms with Gasteiger partial charge in [-0.15, -0.1) is 0 Å². The van der Waals surface area contributed by atoms with E-state index in [1.54, 1.807) is 0 Å². The van der Waals surface area contributed by atoms with Crippen molar-refractivity contribution < 1.29 is 0 Å². The molecule has 0 radical (unpaired) electrons. The van der Waals surface area contributed by atoms with Crippen LogP contribution < -0.4 is 5.56 Å². The average molecular weight is 276 g/mol. The van der Waals surface area contributed by atoms with Gasteiger partial charge < -0.3 is 0 Å². The number of nitrogens with zero attached hydrogens (tertiary/aromatic N) is 1. The van der Waals surface area contributed by atoms with Gasteiger partial charge in [0.2, 0.25) is 0 Å². The van der Waals surface area contributed by atoms with Crippen LogP contribution in [0.4, 0.5) is 0 Å².